The molecule has 2 rings (SSSR count). The third-order valence-electron chi connectivity index (χ3n) is 1.54. The van der Waals surface area contributed by atoms with Crippen molar-refractivity contribution in [1.29, 1.82) is 0 Å². The topological polar surface area (TPSA) is 69.4 Å². The summed E-state index contributed by atoms with van der Waals surface area (Å²) in [5.74, 6) is -0.103. The molecule has 0 unspecified atom stereocenters. The van der Waals surface area contributed by atoms with E-state index in [1.165, 1.54) is 24.0 Å². The molecule has 0 amide bonds. The Kier molecular flexibility index (Phi) is 1.66. The van der Waals surface area contributed by atoms with Crippen molar-refractivity contribution in [3.63, 3.8) is 0 Å². The lowest BCUT2D eigenvalue weighted by atomic mass is 10.4. The number of hydrogen-bond donors (Lipinski definition) is 0. The summed E-state index contributed by atoms with van der Waals surface area (Å²) < 4.78 is 5.97. The van der Waals surface area contributed by atoms with Crippen LogP contribution in [0.2, 0.25) is 0 Å². The van der Waals surface area contributed by atoms with E-state index in [4.69, 9.17) is 0 Å². The predicted octanol–water partition coefficient (Wildman–Crippen LogP) is -0.0891. The van der Waals surface area contributed by atoms with E-state index in [1.807, 2.05) is 0 Å². The van der Waals surface area contributed by atoms with Crippen molar-refractivity contribution in [3.8, 4) is 0 Å². The van der Waals surface area contributed by atoms with Crippen LogP contribution < -0.4 is 0 Å². The molecule has 0 saturated carbocycles. The molecule has 0 fully saturated rings. The maximum absolute atomic E-state index is 11.0. The number of ether oxygens (including phenoxy) is 1. The van der Waals surface area contributed by atoms with E-state index in [2.05, 4.69) is 19.8 Å². The first-order chi connectivity index (χ1) is 6.31. The van der Waals surface area contributed by atoms with Crippen LogP contribution in [0.25, 0.3) is 5.78 Å². The molecule has 2 aromatic heterocycles. The van der Waals surface area contributed by atoms with Crippen molar-refractivity contribution in [1.82, 2.24) is 19.6 Å². The van der Waals surface area contributed by atoms with Gasteiger partial charge in [0.15, 0.2) is 5.69 Å². The highest BCUT2D eigenvalue weighted by atomic mass is 16.5. The van der Waals surface area contributed by atoms with E-state index < -0.39 is 5.97 Å². The fraction of sp³-hybridized carbons (Fsp3) is 0.143. The van der Waals surface area contributed by atoms with Gasteiger partial charge in [-0.05, 0) is 6.07 Å². The summed E-state index contributed by atoms with van der Waals surface area (Å²) in [6, 6.07) is 1.52. The van der Waals surface area contributed by atoms with Crippen LogP contribution in [0.4, 0.5) is 0 Å². The van der Waals surface area contributed by atoms with Gasteiger partial charge in [0.2, 0.25) is 0 Å². The summed E-state index contributed by atoms with van der Waals surface area (Å²) in [5, 5.41) is 3.84. The van der Waals surface area contributed by atoms with Gasteiger partial charge in [-0.1, -0.05) is 0 Å². The van der Waals surface area contributed by atoms with Crippen molar-refractivity contribution < 1.29 is 9.53 Å². The lowest BCUT2D eigenvalue weighted by Crippen LogP contribution is -2.05. The van der Waals surface area contributed by atoms with Crippen molar-refractivity contribution in [2.75, 3.05) is 7.11 Å². The first-order valence-electron chi connectivity index (χ1n) is 3.56. The Morgan fingerprint density at radius 1 is 1.62 bits per heavy atom. The van der Waals surface area contributed by atoms with Crippen molar-refractivity contribution >= 4 is 11.7 Å². The van der Waals surface area contributed by atoms with Crippen LogP contribution in [0.5, 0.6) is 0 Å². The molecular formula is C7H6N4O2. The van der Waals surface area contributed by atoms with Crippen LogP contribution in [0.1, 0.15) is 10.5 Å². The van der Waals surface area contributed by atoms with Crippen LogP contribution in [0.15, 0.2) is 18.6 Å². The quantitative estimate of drug-likeness (QED) is 0.571. The second-order valence-corrected chi connectivity index (χ2v) is 2.31. The molecule has 2 aromatic rings. The Labute approximate surface area is 73.2 Å². The maximum atomic E-state index is 11.0. The molecule has 0 spiro atoms. The van der Waals surface area contributed by atoms with E-state index >= 15 is 0 Å². The second kappa shape index (κ2) is 2.81. The Morgan fingerprint density at radius 2 is 2.46 bits per heavy atom. The first-order valence-corrected chi connectivity index (χ1v) is 3.56. The minimum absolute atomic E-state index is 0.225. The van der Waals surface area contributed by atoms with Crippen molar-refractivity contribution in [3.05, 3.63) is 24.3 Å². The zero-order valence-electron chi connectivity index (χ0n) is 6.84. The molecule has 0 aliphatic carbocycles. The molecule has 0 atom stereocenters. The summed E-state index contributed by atoms with van der Waals surface area (Å²) >= 11 is 0. The molecule has 6 heteroatoms. The van der Waals surface area contributed by atoms with Gasteiger partial charge in [0.25, 0.3) is 5.78 Å². The van der Waals surface area contributed by atoms with Gasteiger partial charge in [0.05, 0.1) is 7.11 Å². The average Bonchev–Trinajstić information content (AvgIpc) is 2.63. The molecule has 13 heavy (non-hydrogen) atoms. The number of aromatic nitrogens is 4. The van der Waals surface area contributed by atoms with Crippen LogP contribution >= 0.6 is 0 Å². The first kappa shape index (κ1) is 7.66. The van der Waals surface area contributed by atoms with E-state index in [1.54, 1.807) is 6.20 Å². The fourth-order valence-electron chi connectivity index (χ4n) is 0.934. The minimum Gasteiger partial charge on any atom is -0.464 e. The minimum atomic E-state index is -0.481. The van der Waals surface area contributed by atoms with Gasteiger partial charge >= 0.3 is 5.97 Å². The SMILES string of the molecule is COC(=O)c1ccn2ncnc2n1. The van der Waals surface area contributed by atoms with Gasteiger partial charge in [0, 0.05) is 6.20 Å². The maximum Gasteiger partial charge on any atom is 0.356 e. The molecule has 6 nitrogen and oxygen atoms in total. The largest absolute Gasteiger partial charge is 0.464 e. The smallest absolute Gasteiger partial charge is 0.356 e. The Balaban J connectivity index is 2.54. The summed E-state index contributed by atoms with van der Waals surface area (Å²) in [4.78, 5) is 18.8. The lowest BCUT2D eigenvalue weighted by Gasteiger charge is -1.96. The summed E-state index contributed by atoms with van der Waals surface area (Å²) in [6.45, 7) is 0. The molecule has 2 heterocycles. The van der Waals surface area contributed by atoms with Gasteiger partial charge in [0.1, 0.15) is 6.33 Å². The zero-order valence-corrected chi connectivity index (χ0v) is 6.84. The Bertz CT molecular complexity index is 450. The molecule has 0 N–H and O–H groups in total. The zero-order chi connectivity index (χ0) is 9.26. The average molecular weight is 178 g/mol. The fourth-order valence-corrected chi connectivity index (χ4v) is 0.934. The van der Waals surface area contributed by atoms with Crippen LogP contribution in [0.3, 0.4) is 0 Å². The highest BCUT2D eigenvalue weighted by Gasteiger charge is 2.07. The number of rotatable bonds is 1. The third-order valence-corrected chi connectivity index (χ3v) is 1.54. The highest BCUT2D eigenvalue weighted by molar-refractivity contribution is 5.87. The van der Waals surface area contributed by atoms with Gasteiger partial charge in [-0.25, -0.2) is 14.3 Å². The standard InChI is InChI=1S/C7H6N4O2/c1-13-6(12)5-2-3-11-7(10-5)8-4-9-11/h2-4H,1H3. The summed E-state index contributed by atoms with van der Waals surface area (Å²) in [6.07, 6.45) is 2.96. The number of esters is 1. The Morgan fingerprint density at radius 3 is 3.23 bits per heavy atom. The van der Waals surface area contributed by atoms with Gasteiger partial charge in [-0.3, -0.25) is 0 Å². The number of methoxy groups -OCH3 is 1. The third kappa shape index (κ3) is 1.22. The van der Waals surface area contributed by atoms with Crippen molar-refractivity contribution in [2.24, 2.45) is 0 Å². The van der Waals surface area contributed by atoms with Gasteiger partial charge < -0.3 is 4.74 Å². The van der Waals surface area contributed by atoms with E-state index in [0.29, 0.717) is 5.78 Å². The lowest BCUT2D eigenvalue weighted by molar-refractivity contribution is 0.0594. The molecule has 0 aliphatic rings. The number of fused-ring (bicyclic) bond motifs is 1. The molecular weight excluding hydrogens is 172 g/mol. The highest BCUT2D eigenvalue weighted by Crippen LogP contribution is 1.99. The number of carbonyl (C=O) groups excluding carboxylic acids is 1. The van der Waals surface area contributed by atoms with Gasteiger partial charge in [-0.2, -0.15) is 10.1 Å². The monoisotopic (exact) mass is 178 g/mol. The molecule has 0 saturated heterocycles. The van der Waals surface area contributed by atoms with Crippen molar-refractivity contribution in [2.45, 2.75) is 0 Å². The van der Waals surface area contributed by atoms with Crippen LogP contribution in [-0.2, 0) is 4.74 Å². The summed E-state index contributed by atoms with van der Waals surface area (Å²) in [5.41, 5.74) is 0.225. The summed E-state index contributed by atoms with van der Waals surface area (Å²) in [7, 11) is 1.30. The predicted molar refractivity (Wildman–Crippen MR) is 42.1 cm³/mol. The van der Waals surface area contributed by atoms with Crippen LogP contribution in [-0.4, -0.2) is 32.7 Å². The van der Waals surface area contributed by atoms with E-state index in [-0.39, 0.29) is 5.69 Å². The molecule has 0 radical (unpaired) electrons. The normalized spacial score (nSPS) is 10.2. The van der Waals surface area contributed by atoms with E-state index in [9.17, 15) is 4.79 Å². The van der Waals surface area contributed by atoms with Gasteiger partial charge in [-0.15, -0.1) is 0 Å². The number of nitrogens with zero attached hydrogens (tertiary/aromatic N) is 4. The molecule has 0 aromatic carbocycles. The molecule has 0 aliphatic heterocycles. The number of hydrogen-bond acceptors (Lipinski definition) is 5. The number of carbonyl (C=O) groups is 1. The van der Waals surface area contributed by atoms with E-state index in [0.717, 1.165) is 0 Å². The molecule has 0 bridgehead atoms. The molecule has 66 valence electrons. The second-order valence-electron chi connectivity index (χ2n) is 2.31. The Hall–Kier alpha value is -1.98. The van der Waals surface area contributed by atoms with Crippen LogP contribution in [0, 0.1) is 0 Å².